The van der Waals surface area contributed by atoms with E-state index in [1.165, 1.54) is 30.3 Å². The lowest BCUT2D eigenvalue weighted by molar-refractivity contribution is -0.385. The smallest absolute Gasteiger partial charge is 0.275 e. The molecule has 1 amide bonds. The highest BCUT2D eigenvalue weighted by Gasteiger charge is 2.16. The molecule has 0 atom stereocenters. The maximum absolute atomic E-state index is 13.1. The van der Waals surface area contributed by atoms with E-state index in [1.807, 2.05) is 0 Å². The molecule has 114 valence electrons. The molecule has 0 saturated heterocycles. The molecule has 2 aromatic carbocycles. The first kappa shape index (κ1) is 15.7. The molecule has 0 aliphatic heterocycles. The highest BCUT2D eigenvalue weighted by molar-refractivity contribution is 6.31. The maximum Gasteiger partial charge on any atom is 0.275 e. The van der Waals surface area contributed by atoms with Crippen LogP contribution < -0.4 is 11.1 Å². The summed E-state index contributed by atoms with van der Waals surface area (Å²) in [4.78, 5) is 21.5. The van der Waals surface area contributed by atoms with Crippen LogP contribution in [0.4, 0.5) is 15.8 Å². The number of benzene rings is 2. The van der Waals surface area contributed by atoms with Gasteiger partial charge in [-0.25, -0.2) is 4.39 Å². The molecule has 3 N–H and O–H groups in total. The number of nitrogens with zero attached hydrogens (tertiary/aromatic N) is 1. The van der Waals surface area contributed by atoms with Crippen LogP contribution in [0.2, 0.25) is 5.02 Å². The number of nitro benzene ring substituents is 1. The van der Waals surface area contributed by atoms with E-state index >= 15 is 0 Å². The summed E-state index contributed by atoms with van der Waals surface area (Å²) >= 11 is 5.66. The van der Waals surface area contributed by atoms with Crippen molar-refractivity contribution in [2.45, 2.75) is 6.54 Å². The second-order valence-corrected chi connectivity index (χ2v) is 4.85. The Balaban J connectivity index is 2.23. The predicted octanol–water partition coefficient (Wildman–Crippen LogP) is 3.10. The lowest BCUT2D eigenvalue weighted by Gasteiger charge is -2.08. The van der Waals surface area contributed by atoms with E-state index in [-0.39, 0.29) is 22.8 Å². The van der Waals surface area contributed by atoms with Gasteiger partial charge in [-0.2, -0.15) is 0 Å². The van der Waals surface area contributed by atoms with Crippen LogP contribution in [0, 0.1) is 15.9 Å². The number of hydrogen-bond acceptors (Lipinski definition) is 4. The fourth-order valence-corrected chi connectivity index (χ4v) is 2.02. The zero-order valence-corrected chi connectivity index (χ0v) is 11.9. The van der Waals surface area contributed by atoms with Gasteiger partial charge >= 0.3 is 0 Å². The molecule has 8 heteroatoms. The SMILES string of the molecule is NC(=O)c1ccc(CNc2ccc(F)c(Cl)c2)c([N+](=O)[O-])c1. The fourth-order valence-electron chi connectivity index (χ4n) is 1.84. The number of hydrogen-bond donors (Lipinski definition) is 2. The molecule has 0 fully saturated rings. The molecule has 2 aromatic rings. The fraction of sp³-hybridized carbons (Fsp3) is 0.0714. The van der Waals surface area contributed by atoms with Gasteiger partial charge in [-0.3, -0.25) is 14.9 Å². The van der Waals surface area contributed by atoms with Crippen LogP contribution in [-0.4, -0.2) is 10.8 Å². The Kier molecular flexibility index (Phi) is 4.57. The van der Waals surface area contributed by atoms with Crippen LogP contribution in [-0.2, 0) is 6.54 Å². The van der Waals surface area contributed by atoms with Gasteiger partial charge in [0.15, 0.2) is 0 Å². The number of rotatable bonds is 5. The molecular weight excluding hydrogens is 313 g/mol. The van der Waals surface area contributed by atoms with Crippen molar-refractivity contribution in [1.82, 2.24) is 0 Å². The van der Waals surface area contributed by atoms with Gasteiger partial charge in [-0.15, -0.1) is 0 Å². The van der Waals surface area contributed by atoms with E-state index in [4.69, 9.17) is 17.3 Å². The van der Waals surface area contributed by atoms with Crippen molar-refractivity contribution in [2.75, 3.05) is 5.32 Å². The molecule has 6 nitrogen and oxygen atoms in total. The van der Waals surface area contributed by atoms with Crippen molar-refractivity contribution in [1.29, 1.82) is 0 Å². The second-order valence-electron chi connectivity index (χ2n) is 4.45. The lowest BCUT2D eigenvalue weighted by atomic mass is 10.1. The third kappa shape index (κ3) is 3.50. The minimum Gasteiger partial charge on any atom is -0.381 e. The number of primary amides is 1. The zero-order chi connectivity index (χ0) is 16.3. The van der Waals surface area contributed by atoms with Crippen LogP contribution in [0.25, 0.3) is 0 Å². The highest BCUT2D eigenvalue weighted by atomic mass is 35.5. The predicted molar refractivity (Wildman–Crippen MR) is 80.4 cm³/mol. The van der Waals surface area contributed by atoms with E-state index in [0.29, 0.717) is 11.3 Å². The monoisotopic (exact) mass is 323 g/mol. The number of carbonyl (C=O) groups is 1. The number of nitrogens with one attached hydrogen (secondary N) is 1. The lowest BCUT2D eigenvalue weighted by Crippen LogP contribution is -2.12. The van der Waals surface area contributed by atoms with Gasteiger partial charge in [0.25, 0.3) is 5.69 Å². The molecule has 0 aliphatic rings. The van der Waals surface area contributed by atoms with E-state index < -0.39 is 16.6 Å². The van der Waals surface area contributed by atoms with Gasteiger partial charge in [0.1, 0.15) is 5.82 Å². The number of anilines is 1. The van der Waals surface area contributed by atoms with Gasteiger partial charge in [0.2, 0.25) is 5.91 Å². The van der Waals surface area contributed by atoms with Gasteiger partial charge in [-0.1, -0.05) is 11.6 Å². The molecule has 0 radical (unpaired) electrons. The van der Waals surface area contributed by atoms with Crippen molar-refractivity contribution in [2.24, 2.45) is 5.73 Å². The first-order valence-corrected chi connectivity index (χ1v) is 6.52. The highest BCUT2D eigenvalue weighted by Crippen LogP contribution is 2.23. The van der Waals surface area contributed by atoms with Crippen LogP contribution in [0.3, 0.4) is 0 Å². The standard InChI is InChI=1S/C14H11ClFN3O3/c15-11-6-10(3-4-12(11)16)18-7-9-2-1-8(14(17)20)5-13(9)19(21)22/h1-6,18H,7H2,(H2,17,20). The first-order chi connectivity index (χ1) is 10.4. The third-order valence-electron chi connectivity index (χ3n) is 2.97. The molecule has 0 heterocycles. The van der Waals surface area contributed by atoms with Gasteiger partial charge in [-0.05, 0) is 30.3 Å². The van der Waals surface area contributed by atoms with E-state index in [1.54, 1.807) is 0 Å². The minimum atomic E-state index is -0.743. The summed E-state index contributed by atoms with van der Waals surface area (Å²) in [7, 11) is 0. The summed E-state index contributed by atoms with van der Waals surface area (Å²) < 4.78 is 13.1. The molecule has 0 aromatic heterocycles. The molecule has 2 rings (SSSR count). The molecule has 0 unspecified atom stereocenters. The quantitative estimate of drug-likeness (QED) is 0.652. The molecule has 0 bridgehead atoms. The third-order valence-corrected chi connectivity index (χ3v) is 3.26. The number of nitrogens with two attached hydrogens (primary N) is 1. The molecule has 0 saturated carbocycles. The molecule has 0 aliphatic carbocycles. The van der Waals surface area contributed by atoms with Crippen LogP contribution >= 0.6 is 11.6 Å². The van der Waals surface area contributed by atoms with E-state index in [9.17, 15) is 19.3 Å². The summed E-state index contributed by atoms with van der Waals surface area (Å²) in [5, 5.41) is 13.9. The largest absolute Gasteiger partial charge is 0.381 e. The van der Waals surface area contributed by atoms with Crippen LogP contribution in [0.5, 0.6) is 0 Å². The summed E-state index contributed by atoms with van der Waals surface area (Å²) in [6, 6.07) is 8.00. The van der Waals surface area contributed by atoms with Crippen molar-refractivity contribution in [3.05, 3.63) is 68.5 Å². The Labute approximate surface area is 129 Å². The zero-order valence-electron chi connectivity index (χ0n) is 11.2. The Morgan fingerprint density at radius 3 is 2.64 bits per heavy atom. The summed E-state index contributed by atoms with van der Waals surface area (Å²) in [6.45, 7) is 0.108. The van der Waals surface area contributed by atoms with Crippen molar-refractivity contribution < 1.29 is 14.1 Å². The van der Waals surface area contributed by atoms with E-state index in [0.717, 1.165) is 6.07 Å². The summed E-state index contributed by atoms with van der Waals surface area (Å²) in [5.74, 6) is -1.29. The average molecular weight is 324 g/mol. The van der Waals surface area contributed by atoms with Crippen molar-refractivity contribution >= 4 is 28.9 Å². The summed E-state index contributed by atoms with van der Waals surface area (Å²) in [6.07, 6.45) is 0. The summed E-state index contributed by atoms with van der Waals surface area (Å²) in [5.41, 5.74) is 5.80. The topological polar surface area (TPSA) is 98.3 Å². The number of amides is 1. The number of carbonyl (C=O) groups excluding carboxylic acids is 1. The maximum atomic E-state index is 13.1. The Bertz CT molecular complexity index is 752. The van der Waals surface area contributed by atoms with Gasteiger partial charge in [0.05, 0.1) is 9.95 Å². The molecule has 0 spiro atoms. The van der Waals surface area contributed by atoms with Gasteiger partial charge in [0, 0.05) is 29.4 Å². The first-order valence-electron chi connectivity index (χ1n) is 6.14. The van der Waals surface area contributed by atoms with E-state index in [2.05, 4.69) is 5.32 Å². The second kappa shape index (κ2) is 6.40. The molecule has 22 heavy (non-hydrogen) atoms. The van der Waals surface area contributed by atoms with Crippen LogP contribution in [0.1, 0.15) is 15.9 Å². The van der Waals surface area contributed by atoms with Crippen molar-refractivity contribution in [3.8, 4) is 0 Å². The van der Waals surface area contributed by atoms with Crippen LogP contribution in [0.15, 0.2) is 36.4 Å². The number of halogens is 2. The Hall–Kier alpha value is -2.67. The minimum absolute atomic E-state index is 0.0522. The van der Waals surface area contributed by atoms with Crippen molar-refractivity contribution in [3.63, 3.8) is 0 Å². The van der Waals surface area contributed by atoms with Gasteiger partial charge < -0.3 is 11.1 Å². The number of nitro groups is 1. The average Bonchev–Trinajstić information content (AvgIpc) is 2.48. The normalized spacial score (nSPS) is 10.3. The molecular formula is C14H11ClFN3O3. The Morgan fingerprint density at radius 1 is 1.32 bits per heavy atom. The Morgan fingerprint density at radius 2 is 2.05 bits per heavy atom.